The number of aryl methyl sites for hydroxylation is 1. The average Bonchev–Trinajstić information content (AvgIpc) is 2.49. The average molecular weight is 318 g/mol. The summed E-state index contributed by atoms with van der Waals surface area (Å²) in [6.45, 7) is 9.00. The number of piperazine rings is 1. The molecule has 0 saturated carbocycles. The van der Waals surface area contributed by atoms with Crippen LogP contribution in [-0.4, -0.2) is 60.5 Å². The van der Waals surface area contributed by atoms with Gasteiger partial charge in [0, 0.05) is 37.9 Å². The molecule has 23 heavy (non-hydrogen) atoms. The molecular weight excluding hydrogens is 292 g/mol. The molecule has 0 spiro atoms. The van der Waals surface area contributed by atoms with Gasteiger partial charge in [-0.3, -0.25) is 9.69 Å². The van der Waals surface area contributed by atoms with Gasteiger partial charge in [0.2, 0.25) is 5.91 Å². The number of hydrogen-bond acceptors (Lipinski definition) is 3. The zero-order valence-corrected chi connectivity index (χ0v) is 14.1. The van der Waals surface area contributed by atoms with Crippen LogP contribution in [0, 0.1) is 6.92 Å². The van der Waals surface area contributed by atoms with Crippen LogP contribution in [0.5, 0.6) is 0 Å². The first kappa shape index (κ1) is 17.3. The summed E-state index contributed by atoms with van der Waals surface area (Å²) < 4.78 is 0. The van der Waals surface area contributed by atoms with Crippen molar-refractivity contribution in [3.63, 3.8) is 0 Å². The van der Waals surface area contributed by atoms with Crippen molar-refractivity contribution in [1.29, 1.82) is 0 Å². The van der Waals surface area contributed by atoms with Crippen LogP contribution in [0.2, 0.25) is 0 Å². The minimum absolute atomic E-state index is 0.0394. The molecule has 3 amide bonds. The Bertz CT molecular complexity index is 534. The van der Waals surface area contributed by atoms with Crippen LogP contribution < -0.4 is 10.6 Å². The second-order valence-corrected chi connectivity index (χ2v) is 6.28. The van der Waals surface area contributed by atoms with Crippen molar-refractivity contribution in [2.45, 2.75) is 26.8 Å². The molecule has 1 fully saturated rings. The van der Waals surface area contributed by atoms with Crippen molar-refractivity contribution in [3.8, 4) is 0 Å². The fraction of sp³-hybridized carbons (Fsp3) is 0.529. The normalized spacial score (nSPS) is 15.6. The van der Waals surface area contributed by atoms with E-state index in [1.807, 2.05) is 45.0 Å². The molecule has 1 saturated heterocycles. The predicted octanol–water partition coefficient (Wildman–Crippen LogP) is 1.67. The van der Waals surface area contributed by atoms with Crippen LogP contribution in [0.15, 0.2) is 24.3 Å². The number of carbonyl (C=O) groups excluding carboxylic acids is 2. The third kappa shape index (κ3) is 5.56. The van der Waals surface area contributed by atoms with Crippen LogP contribution in [0.25, 0.3) is 0 Å². The number of nitrogens with zero attached hydrogens (tertiary/aromatic N) is 2. The van der Waals surface area contributed by atoms with E-state index in [1.165, 1.54) is 0 Å². The third-order valence-electron chi connectivity index (χ3n) is 3.78. The van der Waals surface area contributed by atoms with Gasteiger partial charge in [-0.15, -0.1) is 0 Å². The number of benzene rings is 1. The maximum absolute atomic E-state index is 12.2. The van der Waals surface area contributed by atoms with Gasteiger partial charge in [-0.05, 0) is 32.9 Å². The summed E-state index contributed by atoms with van der Waals surface area (Å²) in [5, 5.41) is 5.80. The van der Waals surface area contributed by atoms with Gasteiger partial charge in [0.05, 0.1) is 6.54 Å². The van der Waals surface area contributed by atoms with E-state index >= 15 is 0 Å². The molecule has 1 aliphatic rings. The number of amides is 3. The molecule has 2 N–H and O–H groups in total. The second-order valence-electron chi connectivity index (χ2n) is 6.28. The third-order valence-corrected chi connectivity index (χ3v) is 3.78. The number of urea groups is 1. The Hall–Kier alpha value is -2.08. The zero-order valence-electron chi connectivity index (χ0n) is 14.1. The summed E-state index contributed by atoms with van der Waals surface area (Å²) in [6.07, 6.45) is 0. The molecule has 2 rings (SSSR count). The highest BCUT2D eigenvalue weighted by atomic mass is 16.2. The Morgan fingerprint density at radius 2 is 1.70 bits per heavy atom. The van der Waals surface area contributed by atoms with Crippen molar-refractivity contribution >= 4 is 17.6 Å². The molecule has 0 radical (unpaired) electrons. The molecular formula is C17H26N4O2. The Morgan fingerprint density at radius 1 is 1.09 bits per heavy atom. The molecule has 0 atom stereocenters. The summed E-state index contributed by atoms with van der Waals surface area (Å²) in [6, 6.07) is 7.82. The summed E-state index contributed by atoms with van der Waals surface area (Å²) >= 11 is 0. The van der Waals surface area contributed by atoms with E-state index in [1.54, 1.807) is 4.90 Å². The fourth-order valence-corrected chi connectivity index (χ4v) is 2.52. The fourth-order valence-electron chi connectivity index (χ4n) is 2.52. The number of rotatable bonds is 4. The smallest absolute Gasteiger partial charge is 0.321 e. The van der Waals surface area contributed by atoms with Crippen LogP contribution in [0.4, 0.5) is 10.5 Å². The molecule has 0 aliphatic carbocycles. The minimum Gasteiger partial charge on any atom is -0.353 e. The predicted molar refractivity (Wildman–Crippen MR) is 91.5 cm³/mol. The van der Waals surface area contributed by atoms with Crippen molar-refractivity contribution in [2.75, 3.05) is 38.0 Å². The minimum atomic E-state index is -0.0832. The van der Waals surface area contributed by atoms with Crippen LogP contribution in [-0.2, 0) is 4.79 Å². The number of hydrogen-bond donors (Lipinski definition) is 2. The van der Waals surface area contributed by atoms with Gasteiger partial charge in [0.25, 0.3) is 0 Å². The molecule has 0 aromatic heterocycles. The van der Waals surface area contributed by atoms with Crippen molar-refractivity contribution in [3.05, 3.63) is 29.8 Å². The van der Waals surface area contributed by atoms with Crippen LogP contribution >= 0.6 is 0 Å². The van der Waals surface area contributed by atoms with Crippen molar-refractivity contribution < 1.29 is 9.59 Å². The Kier molecular flexibility index (Phi) is 5.98. The number of anilines is 1. The zero-order chi connectivity index (χ0) is 16.8. The Balaban J connectivity index is 1.76. The quantitative estimate of drug-likeness (QED) is 0.887. The lowest BCUT2D eigenvalue weighted by Gasteiger charge is -2.34. The molecule has 0 unspecified atom stereocenters. The molecule has 1 aliphatic heterocycles. The highest BCUT2D eigenvalue weighted by Crippen LogP contribution is 2.10. The van der Waals surface area contributed by atoms with E-state index in [0.29, 0.717) is 32.7 Å². The maximum Gasteiger partial charge on any atom is 0.321 e. The highest BCUT2D eigenvalue weighted by molar-refractivity contribution is 5.89. The summed E-state index contributed by atoms with van der Waals surface area (Å²) in [7, 11) is 0. The lowest BCUT2D eigenvalue weighted by atomic mass is 10.2. The first-order valence-electron chi connectivity index (χ1n) is 8.08. The monoisotopic (exact) mass is 318 g/mol. The van der Waals surface area contributed by atoms with E-state index in [2.05, 4.69) is 15.5 Å². The first-order valence-corrected chi connectivity index (χ1v) is 8.08. The van der Waals surface area contributed by atoms with Gasteiger partial charge >= 0.3 is 6.03 Å². The standard InChI is InChI=1S/C17H26N4O2/c1-13(2)18-16(22)12-20-8-10-21(11-9-20)17(23)19-15-6-4-14(3)5-7-15/h4-7,13H,8-12H2,1-3H3,(H,18,22)(H,19,23). The Labute approximate surface area is 137 Å². The molecule has 1 heterocycles. The maximum atomic E-state index is 12.2. The van der Waals surface area contributed by atoms with E-state index in [-0.39, 0.29) is 18.0 Å². The summed E-state index contributed by atoms with van der Waals surface area (Å²) in [4.78, 5) is 27.9. The SMILES string of the molecule is Cc1ccc(NC(=O)N2CCN(CC(=O)NC(C)C)CC2)cc1. The van der Waals surface area contributed by atoms with E-state index in [0.717, 1.165) is 11.3 Å². The number of nitrogens with one attached hydrogen (secondary N) is 2. The topological polar surface area (TPSA) is 64.7 Å². The van der Waals surface area contributed by atoms with Crippen LogP contribution in [0.1, 0.15) is 19.4 Å². The van der Waals surface area contributed by atoms with Gasteiger partial charge in [0.15, 0.2) is 0 Å². The van der Waals surface area contributed by atoms with Gasteiger partial charge in [-0.25, -0.2) is 4.79 Å². The number of carbonyl (C=O) groups is 2. The van der Waals surface area contributed by atoms with E-state index in [9.17, 15) is 9.59 Å². The molecule has 0 bridgehead atoms. The van der Waals surface area contributed by atoms with Gasteiger partial charge in [-0.2, -0.15) is 0 Å². The molecule has 6 nitrogen and oxygen atoms in total. The van der Waals surface area contributed by atoms with E-state index < -0.39 is 0 Å². The largest absolute Gasteiger partial charge is 0.353 e. The molecule has 1 aromatic carbocycles. The second kappa shape index (κ2) is 7.97. The van der Waals surface area contributed by atoms with Crippen molar-refractivity contribution in [1.82, 2.24) is 15.1 Å². The van der Waals surface area contributed by atoms with Gasteiger partial charge < -0.3 is 15.5 Å². The summed E-state index contributed by atoms with van der Waals surface area (Å²) in [5.74, 6) is 0.0394. The first-order chi connectivity index (χ1) is 10.9. The van der Waals surface area contributed by atoms with Gasteiger partial charge in [0.1, 0.15) is 0 Å². The summed E-state index contributed by atoms with van der Waals surface area (Å²) in [5.41, 5.74) is 1.97. The molecule has 6 heteroatoms. The molecule has 1 aromatic rings. The highest BCUT2D eigenvalue weighted by Gasteiger charge is 2.22. The Morgan fingerprint density at radius 3 is 2.26 bits per heavy atom. The van der Waals surface area contributed by atoms with Crippen molar-refractivity contribution in [2.24, 2.45) is 0 Å². The lowest BCUT2D eigenvalue weighted by Crippen LogP contribution is -2.52. The van der Waals surface area contributed by atoms with Crippen LogP contribution in [0.3, 0.4) is 0 Å². The lowest BCUT2D eigenvalue weighted by molar-refractivity contribution is -0.123. The van der Waals surface area contributed by atoms with E-state index in [4.69, 9.17) is 0 Å². The van der Waals surface area contributed by atoms with Gasteiger partial charge in [-0.1, -0.05) is 17.7 Å². The molecule has 126 valence electrons.